The number of anilines is 1. The Morgan fingerprint density at radius 1 is 1.00 bits per heavy atom. The highest BCUT2D eigenvalue weighted by Gasteiger charge is 2.27. The number of aryl methyl sites for hydroxylation is 1. The molecule has 0 fully saturated rings. The maximum Gasteiger partial charge on any atom is 0.265 e. The number of methoxy groups -OCH3 is 2. The summed E-state index contributed by atoms with van der Waals surface area (Å²) in [6.45, 7) is 1.89. The average molecular weight is 457 g/mol. The van der Waals surface area contributed by atoms with Gasteiger partial charge in [0.15, 0.2) is 17.6 Å². The summed E-state index contributed by atoms with van der Waals surface area (Å²) in [6.07, 6.45) is 1.14. The summed E-state index contributed by atoms with van der Waals surface area (Å²) in [7, 11) is -0.841. The van der Waals surface area contributed by atoms with Gasteiger partial charge in [-0.1, -0.05) is 29.8 Å². The lowest BCUT2D eigenvalue weighted by atomic mass is 10.1. The van der Waals surface area contributed by atoms with Crippen LogP contribution in [0.2, 0.25) is 0 Å². The van der Waals surface area contributed by atoms with Crippen LogP contribution in [-0.2, 0) is 19.1 Å². The SMILES string of the molecule is COc1ccc(-c2ncccc2NC(=O)C(OS(C)(=O)=O)c2ccc(C)cc2)cc1OC. The van der Waals surface area contributed by atoms with Crippen LogP contribution in [0.1, 0.15) is 17.2 Å². The lowest BCUT2D eigenvalue weighted by Crippen LogP contribution is -2.26. The highest BCUT2D eigenvalue weighted by Crippen LogP contribution is 2.34. The first kappa shape index (κ1) is 23.2. The number of carbonyl (C=O) groups excluding carboxylic acids is 1. The van der Waals surface area contributed by atoms with Crippen molar-refractivity contribution < 1.29 is 26.9 Å². The smallest absolute Gasteiger partial charge is 0.265 e. The number of rotatable bonds is 8. The van der Waals surface area contributed by atoms with Gasteiger partial charge in [-0.15, -0.1) is 0 Å². The fourth-order valence-electron chi connectivity index (χ4n) is 3.08. The van der Waals surface area contributed by atoms with Gasteiger partial charge in [0.2, 0.25) is 0 Å². The zero-order chi connectivity index (χ0) is 23.3. The van der Waals surface area contributed by atoms with E-state index in [2.05, 4.69) is 10.3 Å². The Balaban J connectivity index is 1.97. The van der Waals surface area contributed by atoms with E-state index in [1.54, 1.807) is 60.8 Å². The van der Waals surface area contributed by atoms with E-state index in [-0.39, 0.29) is 0 Å². The van der Waals surface area contributed by atoms with Crippen LogP contribution in [0.4, 0.5) is 5.69 Å². The van der Waals surface area contributed by atoms with E-state index in [9.17, 15) is 13.2 Å². The largest absolute Gasteiger partial charge is 0.493 e. The van der Waals surface area contributed by atoms with Crippen molar-refractivity contribution in [3.8, 4) is 22.8 Å². The minimum atomic E-state index is -3.90. The summed E-state index contributed by atoms with van der Waals surface area (Å²) in [5, 5.41) is 2.75. The van der Waals surface area contributed by atoms with Crippen molar-refractivity contribution in [2.24, 2.45) is 0 Å². The van der Waals surface area contributed by atoms with Crippen molar-refractivity contribution in [1.29, 1.82) is 0 Å². The third kappa shape index (κ3) is 5.63. The van der Waals surface area contributed by atoms with E-state index >= 15 is 0 Å². The number of ether oxygens (including phenoxy) is 2. The van der Waals surface area contributed by atoms with E-state index in [0.29, 0.717) is 34.0 Å². The Kier molecular flexibility index (Phi) is 7.12. The molecule has 1 heterocycles. The van der Waals surface area contributed by atoms with E-state index in [4.69, 9.17) is 13.7 Å². The van der Waals surface area contributed by atoms with Crippen LogP contribution in [-0.4, -0.2) is 39.8 Å². The molecule has 1 amide bonds. The van der Waals surface area contributed by atoms with Gasteiger partial charge >= 0.3 is 0 Å². The molecule has 9 heteroatoms. The Labute approximate surface area is 187 Å². The molecule has 0 aliphatic heterocycles. The molecule has 0 spiro atoms. The zero-order valence-corrected chi connectivity index (χ0v) is 19.0. The Bertz CT molecular complexity index is 1210. The molecule has 0 saturated heterocycles. The van der Waals surface area contributed by atoms with Gasteiger partial charge in [0.1, 0.15) is 0 Å². The second-order valence-corrected chi connectivity index (χ2v) is 8.65. The van der Waals surface area contributed by atoms with Gasteiger partial charge in [-0.25, -0.2) is 0 Å². The van der Waals surface area contributed by atoms with Gasteiger partial charge in [-0.3, -0.25) is 14.0 Å². The van der Waals surface area contributed by atoms with Crippen molar-refractivity contribution >= 4 is 21.7 Å². The van der Waals surface area contributed by atoms with E-state index in [0.717, 1.165) is 11.8 Å². The third-order valence-electron chi connectivity index (χ3n) is 4.61. The topological polar surface area (TPSA) is 104 Å². The number of carbonyl (C=O) groups is 1. The van der Waals surface area contributed by atoms with Crippen molar-refractivity contribution in [2.75, 3.05) is 25.8 Å². The summed E-state index contributed by atoms with van der Waals surface area (Å²) in [5.41, 5.74) is 2.92. The van der Waals surface area contributed by atoms with Gasteiger partial charge in [0.25, 0.3) is 16.0 Å². The molecule has 3 aromatic rings. The van der Waals surface area contributed by atoms with Gasteiger partial charge in [-0.05, 0) is 42.8 Å². The van der Waals surface area contributed by atoms with E-state index < -0.39 is 22.1 Å². The van der Waals surface area contributed by atoms with Crippen molar-refractivity contribution in [1.82, 2.24) is 4.98 Å². The Hall–Kier alpha value is -3.43. The molecule has 1 atom stereocenters. The maximum absolute atomic E-state index is 13.1. The van der Waals surface area contributed by atoms with Crippen molar-refractivity contribution in [2.45, 2.75) is 13.0 Å². The maximum atomic E-state index is 13.1. The van der Waals surface area contributed by atoms with Crippen LogP contribution in [0, 0.1) is 6.92 Å². The second kappa shape index (κ2) is 9.80. The summed E-state index contributed by atoms with van der Waals surface area (Å²) < 4.78 is 39.4. The molecule has 8 nitrogen and oxygen atoms in total. The summed E-state index contributed by atoms with van der Waals surface area (Å²) in [5.74, 6) is 0.415. The number of benzene rings is 2. The van der Waals surface area contributed by atoms with Gasteiger partial charge in [-0.2, -0.15) is 8.42 Å². The van der Waals surface area contributed by atoms with Crippen LogP contribution >= 0.6 is 0 Å². The molecular weight excluding hydrogens is 432 g/mol. The molecule has 1 aromatic heterocycles. The fourth-order valence-corrected chi connectivity index (χ4v) is 3.63. The molecule has 3 rings (SSSR count). The third-order valence-corrected chi connectivity index (χ3v) is 5.15. The number of aromatic nitrogens is 1. The van der Waals surface area contributed by atoms with Crippen LogP contribution < -0.4 is 14.8 Å². The predicted molar refractivity (Wildman–Crippen MR) is 121 cm³/mol. The standard InChI is InChI=1S/C23H24N2O6S/c1-15-7-9-16(10-8-15)22(31-32(4,27)28)23(26)25-18-6-5-13-24-21(18)17-11-12-19(29-2)20(14-17)30-3/h5-14,22H,1-4H3,(H,25,26). The van der Waals surface area contributed by atoms with Gasteiger partial charge < -0.3 is 14.8 Å². The van der Waals surface area contributed by atoms with Crippen LogP contribution in [0.15, 0.2) is 60.8 Å². The molecule has 0 aliphatic rings. The normalized spacial score (nSPS) is 12.1. The quantitative estimate of drug-likeness (QED) is 0.515. The number of nitrogens with one attached hydrogen (secondary N) is 1. The molecule has 32 heavy (non-hydrogen) atoms. The Morgan fingerprint density at radius 2 is 1.69 bits per heavy atom. The van der Waals surface area contributed by atoms with Crippen LogP contribution in [0.3, 0.4) is 0 Å². The molecule has 0 aliphatic carbocycles. The van der Waals surface area contributed by atoms with Crippen LogP contribution in [0.25, 0.3) is 11.3 Å². The van der Waals surface area contributed by atoms with E-state index in [1.807, 2.05) is 6.92 Å². The lowest BCUT2D eigenvalue weighted by molar-refractivity contribution is -0.122. The molecule has 1 unspecified atom stereocenters. The first-order valence-corrected chi connectivity index (χ1v) is 11.5. The molecule has 0 radical (unpaired) electrons. The summed E-state index contributed by atoms with van der Waals surface area (Å²) in [4.78, 5) is 17.5. The lowest BCUT2D eigenvalue weighted by Gasteiger charge is -2.18. The fraction of sp³-hybridized carbons (Fsp3) is 0.217. The number of hydrogen-bond acceptors (Lipinski definition) is 7. The number of amides is 1. The molecule has 1 N–H and O–H groups in total. The second-order valence-electron chi connectivity index (χ2n) is 7.05. The molecule has 168 valence electrons. The van der Waals surface area contributed by atoms with Crippen molar-refractivity contribution in [3.05, 3.63) is 71.9 Å². The summed E-state index contributed by atoms with van der Waals surface area (Å²) >= 11 is 0. The predicted octanol–water partition coefficient (Wildman–Crippen LogP) is 3.73. The van der Waals surface area contributed by atoms with Gasteiger partial charge in [0, 0.05) is 11.8 Å². The number of nitrogens with zero attached hydrogens (tertiary/aromatic N) is 1. The van der Waals surface area contributed by atoms with Crippen molar-refractivity contribution in [3.63, 3.8) is 0 Å². The van der Waals surface area contributed by atoms with Crippen LogP contribution in [0.5, 0.6) is 11.5 Å². The Morgan fingerprint density at radius 3 is 2.31 bits per heavy atom. The zero-order valence-electron chi connectivity index (χ0n) is 18.2. The number of pyridine rings is 1. The molecule has 0 bridgehead atoms. The van der Waals surface area contributed by atoms with Gasteiger partial charge in [0.05, 0.1) is 31.9 Å². The number of hydrogen-bond donors (Lipinski definition) is 1. The molecular formula is C23H24N2O6S. The summed E-state index contributed by atoms with van der Waals surface area (Å²) in [6, 6.07) is 15.5. The average Bonchev–Trinajstić information content (AvgIpc) is 2.77. The first-order chi connectivity index (χ1) is 15.2. The monoisotopic (exact) mass is 456 g/mol. The molecule has 0 saturated carbocycles. The highest BCUT2D eigenvalue weighted by atomic mass is 32.2. The van der Waals surface area contributed by atoms with E-state index in [1.165, 1.54) is 14.2 Å². The highest BCUT2D eigenvalue weighted by molar-refractivity contribution is 7.86. The molecule has 2 aromatic carbocycles. The first-order valence-electron chi connectivity index (χ1n) is 9.65. The minimum absolute atomic E-state index is 0.388. The minimum Gasteiger partial charge on any atom is -0.493 e.